The van der Waals surface area contributed by atoms with Gasteiger partial charge in [0, 0.05) is 6.61 Å². The molecular weight excluding hydrogens is 238 g/mol. The Balaban J connectivity index is 1.99. The van der Waals surface area contributed by atoms with Crippen LogP contribution in [0.3, 0.4) is 0 Å². The second-order valence-corrected chi connectivity index (χ2v) is 5.38. The molecule has 0 aliphatic carbocycles. The third-order valence-corrected chi connectivity index (χ3v) is 3.93. The predicted octanol–water partition coefficient (Wildman–Crippen LogP) is 2.30. The van der Waals surface area contributed by atoms with E-state index >= 15 is 0 Å². The van der Waals surface area contributed by atoms with Gasteiger partial charge in [0.1, 0.15) is 6.29 Å². The van der Waals surface area contributed by atoms with Crippen molar-refractivity contribution in [3.8, 4) is 0 Å². The van der Waals surface area contributed by atoms with Gasteiger partial charge in [0.2, 0.25) is 0 Å². The van der Waals surface area contributed by atoms with Crippen molar-refractivity contribution in [2.45, 2.75) is 44.2 Å². The number of hydrogen-bond donors (Lipinski definition) is 1. The smallest absolute Gasteiger partial charge is 0.137 e. The van der Waals surface area contributed by atoms with Crippen LogP contribution in [0, 0.1) is 0 Å². The quantitative estimate of drug-likeness (QED) is 0.827. The van der Waals surface area contributed by atoms with Gasteiger partial charge in [-0.25, -0.2) is 0 Å². The zero-order valence-electron chi connectivity index (χ0n) is 11.8. The summed E-state index contributed by atoms with van der Waals surface area (Å²) in [7, 11) is 1.82. The van der Waals surface area contributed by atoms with Crippen molar-refractivity contribution in [1.82, 2.24) is 5.32 Å². The molecule has 1 saturated heterocycles. The summed E-state index contributed by atoms with van der Waals surface area (Å²) in [6.45, 7) is 3.00. The van der Waals surface area contributed by atoms with Crippen molar-refractivity contribution in [1.29, 1.82) is 0 Å². The first-order valence-electron chi connectivity index (χ1n) is 7.06. The monoisotopic (exact) mass is 261 g/mol. The van der Waals surface area contributed by atoms with Crippen LogP contribution < -0.4 is 5.32 Å². The standard InChI is InChI=1S/C16H23NO2/c1-12-9-15(7-8-19-12)14-5-3-13(4-6-14)10-16(11-18)17-2/h3-6,11-12,15-17H,7-10H2,1-2H3/t12?,15?,16-/m0/s1. The average Bonchev–Trinajstić information content (AvgIpc) is 2.45. The molecule has 0 spiro atoms. The molecule has 3 heteroatoms. The zero-order valence-corrected chi connectivity index (χ0v) is 11.8. The molecule has 0 aromatic heterocycles. The number of ether oxygens (including phenoxy) is 1. The number of rotatable bonds is 5. The number of carbonyl (C=O) groups excluding carboxylic acids is 1. The van der Waals surface area contributed by atoms with Crippen LogP contribution in [-0.2, 0) is 16.0 Å². The average molecular weight is 261 g/mol. The topological polar surface area (TPSA) is 38.3 Å². The molecule has 1 aromatic carbocycles. The Morgan fingerprint density at radius 3 is 2.74 bits per heavy atom. The molecule has 3 nitrogen and oxygen atoms in total. The number of hydrogen-bond acceptors (Lipinski definition) is 3. The maximum absolute atomic E-state index is 10.8. The van der Waals surface area contributed by atoms with Crippen LogP contribution in [-0.4, -0.2) is 32.1 Å². The summed E-state index contributed by atoms with van der Waals surface area (Å²) in [5, 5.41) is 3.00. The molecule has 1 aromatic rings. The van der Waals surface area contributed by atoms with Crippen molar-refractivity contribution in [2.75, 3.05) is 13.7 Å². The van der Waals surface area contributed by atoms with E-state index in [0.29, 0.717) is 12.0 Å². The zero-order chi connectivity index (χ0) is 13.7. The Hall–Kier alpha value is -1.19. The van der Waals surface area contributed by atoms with Gasteiger partial charge in [0.15, 0.2) is 0 Å². The van der Waals surface area contributed by atoms with Crippen LogP contribution in [0.15, 0.2) is 24.3 Å². The SMILES string of the molecule is CN[C@H](C=O)Cc1ccc(C2CCOC(C)C2)cc1. The van der Waals surface area contributed by atoms with Crippen LogP contribution in [0.4, 0.5) is 0 Å². The van der Waals surface area contributed by atoms with E-state index in [9.17, 15) is 4.79 Å². The fourth-order valence-corrected chi connectivity index (χ4v) is 2.70. The fourth-order valence-electron chi connectivity index (χ4n) is 2.70. The van der Waals surface area contributed by atoms with E-state index in [4.69, 9.17) is 4.74 Å². The van der Waals surface area contributed by atoms with E-state index in [0.717, 1.165) is 32.2 Å². The van der Waals surface area contributed by atoms with Crippen LogP contribution in [0.25, 0.3) is 0 Å². The first-order valence-corrected chi connectivity index (χ1v) is 7.06. The molecule has 1 heterocycles. The van der Waals surface area contributed by atoms with Gasteiger partial charge >= 0.3 is 0 Å². The van der Waals surface area contributed by atoms with Gasteiger partial charge in [-0.05, 0) is 50.3 Å². The Kier molecular flexibility index (Phi) is 5.11. The molecule has 1 aliphatic rings. The third kappa shape index (κ3) is 3.88. The van der Waals surface area contributed by atoms with Crippen LogP contribution in [0.2, 0.25) is 0 Å². The summed E-state index contributed by atoms with van der Waals surface area (Å²) in [6.07, 6.45) is 4.30. The third-order valence-electron chi connectivity index (χ3n) is 3.93. The fraction of sp³-hybridized carbons (Fsp3) is 0.562. The summed E-state index contributed by atoms with van der Waals surface area (Å²) in [4.78, 5) is 10.8. The highest BCUT2D eigenvalue weighted by molar-refractivity contribution is 5.58. The van der Waals surface area contributed by atoms with Crippen LogP contribution >= 0.6 is 0 Å². The lowest BCUT2D eigenvalue weighted by molar-refractivity contribution is -0.109. The lowest BCUT2D eigenvalue weighted by Crippen LogP contribution is -2.28. The molecule has 0 bridgehead atoms. The lowest BCUT2D eigenvalue weighted by atomic mass is 9.88. The van der Waals surface area contributed by atoms with Crippen molar-refractivity contribution in [3.63, 3.8) is 0 Å². The second-order valence-electron chi connectivity index (χ2n) is 5.38. The maximum atomic E-state index is 10.8. The summed E-state index contributed by atoms with van der Waals surface area (Å²) in [5.41, 5.74) is 2.60. The Morgan fingerprint density at radius 2 is 2.16 bits per heavy atom. The molecule has 1 aliphatic heterocycles. The van der Waals surface area contributed by atoms with Crippen molar-refractivity contribution >= 4 is 6.29 Å². The first-order chi connectivity index (χ1) is 9.22. The van der Waals surface area contributed by atoms with E-state index in [-0.39, 0.29) is 6.04 Å². The Morgan fingerprint density at radius 1 is 1.42 bits per heavy atom. The minimum absolute atomic E-state index is 0.0889. The minimum atomic E-state index is -0.0889. The molecule has 19 heavy (non-hydrogen) atoms. The van der Waals surface area contributed by atoms with Gasteiger partial charge in [0.25, 0.3) is 0 Å². The maximum Gasteiger partial charge on any atom is 0.137 e. The van der Waals surface area contributed by atoms with Gasteiger partial charge in [-0.15, -0.1) is 0 Å². The number of likely N-dealkylation sites (N-methyl/N-ethyl adjacent to an activating group) is 1. The van der Waals surface area contributed by atoms with Crippen molar-refractivity contribution in [2.24, 2.45) is 0 Å². The van der Waals surface area contributed by atoms with E-state index < -0.39 is 0 Å². The number of carbonyl (C=O) groups is 1. The van der Waals surface area contributed by atoms with Crippen molar-refractivity contribution in [3.05, 3.63) is 35.4 Å². The van der Waals surface area contributed by atoms with Crippen LogP contribution in [0.5, 0.6) is 0 Å². The molecule has 1 N–H and O–H groups in total. The second kappa shape index (κ2) is 6.83. The molecular formula is C16H23NO2. The number of nitrogens with one attached hydrogen (secondary N) is 1. The highest BCUT2D eigenvalue weighted by Crippen LogP contribution is 2.30. The molecule has 2 unspecified atom stereocenters. The van der Waals surface area contributed by atoms with Gasteiger partial charge in [-0.1, -0.05) is 24.3 Å². The summed E-state index contributed by atoms with van der Waals surface area (Å²) >= 11 is 0. The highest BCUT2D eigenvalue weighted by atomic mass is 16.5. The Bertz CT molecular complexity index is 402. The predicted molar refractivity (Wildman–Crippen MR) is 76.4 cm³/mol. The van der Waals surface area contributed by atoms with E-state index in [1.807, 2.05) is 7.05 Å². The first kappa shape index (κ1) is 14.2. The van der Waals surface area contributed by atoms with Gasteiger partial charge in [-0.2, -0.15) is 0 Å². The van der Waals surface area contributed by atoms with Gasteiger partial charge in [-0.3, -0.25) is 0 Å². The molecule has 0 amide bonds. The molecule has 2 rings (SSSR count). The molecule has 0 saturated carbocycles. The summed E-state index contributed by atoms with van der Waals surface area (Å²) in [6, 6.07) is 8.60. The summed E-state index contributed by atoms with van der Waals surface area (Å²) in [5.74, 6) is 0.615. The normalized spacial score (nSPS) is 24.9. The van der Waals surface area contributed by atoms with E-state index in [1.54, 1.807) is 0 Å². The molecule has 104 valence electrons. The van der Waals surface area contributed by atoms with E-state index in [2.05, 4.69) is 36.5 Å². The van der Waals surface area contributed by atoms with Gasteiger partial charge < -0.3 is 14.8 Å². The number of aldehydes is 1. The minimum Gasteiger partial charge on any atom is -0.378 e. The molecule has 3 atom stereocenters. The van der Waals surface area contributed by atoms with E-state index in [1.165, 1.54) is 11.1 Å². The van der Waals surface area contributed by atoms with Gasteiger partial charge in [0.05, 0.1) is 12.1 Å². The lowest BCUT2D eigenvalue weighted by Gasteiger charge is -2.27. The number of benzene rings is 1. The molecule has 1 fully saturated rings. The highest BCUT2D eigenvalue weighted by Gasteiger charge is 2.20. The Labute approximate surface area is 115 Å². The summed E-state index contributed by atoms with van der Waals surface area (Å²) < 4.78 is 5.59. The molecule has 0 radical (unpaired) electrons. The largest absolute Gasteiger partial charge is 0.378 e. The van der Waals surface area contributed by atoms with Crippen LogP contribution in [0.1, 0.15) is 36.8 Å². The van der Waals surface area contributed by atoms with Crippen molar-refractivity contribution < 1.29 is 9.53 Å².